The Kier molecular flexibility index (Phi) is 12.6. The zero-order valence-corrected chi connectivity index (χ0v) is 34.9. The molecule has 0 amide bonds. The van der Waals surface area contributed by atoms with Crippen LogP contribution >= 0.6 is 11.6 Å². The lowest BCUT2D eigenvalue weighted by Crippen LogP contribution is -2.58. The predicted octanol–water partition coefficient (Wildman–Crippen LogP) is 7.26. The fourth-order valence-corrected chi connectivity index (χ4v) is 10.7. The van der Waals surface area contributed by atoms with Gasteiger partial charge in [-0.3, -0.25) is 4.79 Å². The van der Waals surface area contributed by atoms with Crippen molar-refractivity contribution in [1.29, 1.82) is 0 Å². The Hall–Kier alpha value is -2.03. The normalized spacial score (nSPS) is 43.8. The molecule has 6 rings (SSSR count). The summed E-state index contributed by atoms with van der Waals surface area (Å²) in [5.41, 5.74) is -0.877. The Labute approximate surface area is 331 Å². The van der Waals surface area contributed by atoms with Gasteiger partial charge in [-0.25, -0.2) is 4.79 Å². The van der Waals surface area contributed by atoms with Crippen LogP contribution in [0.3, 0.4) is 0 Å². The molecular weight excluding hydrogens is 732 g/mol. The largest absolute Gasteiger partial charge is 0.507 e. The minimum absolute atomic E-state index is 0.00433. The third-order valence-electron chi connectivity index (χ3n) is 13.8. The summed E-state index contributed by atoms with van der Waals surface area (Å²) in [4.78, 5) is 24.8. The van der Waals surface area contributed by atoms with Crippen LogP contribution in [0.5, 0.6) is 5.75 Å². The molecule has 2 N–H and O–H groups in total. The number of rotatable bonds is 11. The Morgan fingerprint density at radius 3 is 2.33 bits per heavy atom. The summed E-state index contributed by atoms with van der Waals surface area (Å²) < 4.78 is 52.3. The molecule has 0 saturated carbocycles. The SMILES string of the molecule is CO[C@H]1C[C@H]([C@H](C)OC(=O)c2c(O)ccc(Cl)c2C)O[C@H]1[C@@]1(C)CCC([C@]2(C)CC(C)C3(O[C@H](C[C@@H]4O[C@@H](CC(=O)O)[C@H](C)C[C@@H]4C)C[C@@H](OC)[C@H]3C)O2)O1. The molecule has 5 fully saturated rings. The fraction of sp³-hybridized carbons (Fsp3) is 0.810. The molecular formula is C42H63ClO12. The maximum atomic E-state index is 13.2. The van der Waals surface area contributed by atoms with Crippen LogP contribution in [0.15, 0.2) is 12.1 Å². The molecule has 0 aliphatic carbocycles. The minimum Gasteiger partial charge on any atom is -0.507 e. The summed E-state index contributed by atoms with van der Waals surface area (Å²) in [5, 5.41) is 20.3. The number of methoxy groups -OCH3 is 2. The van der Waals surface area contributed by atoms with Crippen LogP contribution in [0, 0.1) is 30.6 Å². The number of benzene rings is 1. The molecule has 5 aliphatic heterocycles. The number of carbonyl (C=O) groups is 2. The molecule has 310 valence electrons. The van der Waals surface area contributed by atoms with E-state index in [-0.39, 0.29) is 78.0 Å². The third kappa shape index (κ3) is 8.18. The molecule has 0 radical (unpaired) electrons. The van der Waals surface area contributed by atoms with Crippen molar-refractivity contribution < 1.29 is 57.7 Å². The van der Waals surface area contributed by atoms with Crippen molar-refractivity contribution >= 4 is 23.5 Å². The first-order chi connectivity index (χ1) is 25.8. The zero-order valence-electron chi connectivity index (χ0n) is 34.2. The summed E-state index contributed by atoms with van der Waals surface area (Å²) >= 11 is 6.23. The van der Waals surface area contributed by atoms with Gasteiger partial charge in [0.2, 0.25) is 0 Å². The molecule has 13 heteroatoms. The van der Waals surface area contributed by atoms with Crippen molar-refractivity contribution in [1.82, 2.24) is 0 Å². The number of phenols is 1. The molecule has 3 unspecified atom stereocenters. The zero-order chi connectivity index (χ0) is 40.2. The number of carboxylic acid groups (broad SMARTS) is 1. The van der Waals surface area contributed by atoms with Gasteiger partial charge in [0.05, 0.1) is 60.4 Å². The summed E-state index contributed by atoms with van der Waals surface area (Å²) in [5.74, 6) is -2.20. The van der Waals surface area contributed by atoms with E-state index in [1.807, 2.05) is 0 Å². The van der Waals surface area contributed by atoms with E-state index in [0.29, 0.717) is 36.3 Å². The molecule has 5 heterocycles. The van der Waals surface area contributed by atoms with Gasteiger partial charge in [0.1, 0.15) is 23.5 Å². The fourth-order valence-electron chi connectivity index (χ4n) is 10.5. The quantitative estimate of drug-likeness (QED) is 0.217. The molecule has 1 aromatic carbocycles. The third-order valence-corrected chi connectivity index (χ3v) is 14.2. The summed E-state index contributed by atoms with van der Waals surface area (Å²) in [6, 6.07) is 2.92. The van der Waals surface area contributed by atoms with Crippen LogP contribution in [0.25, 0.3) is 0 Å². The summed E-state index contributed by atoms with van der Waals surface area (Å²) in [6.45, 7) is 16.2. The molecule has 5 saturated heterocycles. The van der Waals surface area contributed by atoms with Gasteiger partial charge in [0, 0.05) is 50.3 Å². The first kappa shape index (κ1) is 42.6. The maximum Gasteiger partial charge on any atom is 0.342 e. The van der Waals surface area contributed by atoms with E-state index in [1.165, 1.54) is 6.07 Å². The first-order valence-corrected chi connectivity index (χ1v) is 20.6. The standard InChI is InChI=1S/C42H63ClO12/c1-21-15-22(2)31(19-36(45)46)51-30(21)16-27-17-32(48-9)25(5)42(53-27)23(3)20-41(8,55-42)35-13-14-40(7,54-35)38-34(49-10)18-33(52-38)26(6)50-39(47)37-24(4)28(43)11-12-29(37)44/h11-12,21-23,25-27,30-35,38,44H,13-20H2,1-10H3,(H,45,46)/t21-,22+,23?,25+,26-,27+,30-,31-,32+,33+,34-,35?,38+,40+,41-,42?/m0/s1. The number of ether oxygens (including phenoxy) is 8. The molecule has 55 heavy (non-hydrogen) atoms. The average molecular weight is 795 g/mol. The van der Waals surface area contributed by atoms with E-state index >= 15 is 0 Å². The molecule has 12 nitrogen and oxygen atoms in total. The van der Waals surface area contributed by atoms with Gasteiger partial charge in [0.25, 0.3) is 0 Å². The number of esters is 1. The molecule has 1 spiro atoms. The van der Waals surface area contributed by atoms with Gasteiger partial charge in [-0.1, -0.05) is 39.3 Å². The van der Waals surface area contributed by atoms with Gasteiger partial charge in [-0.05, 0) is 82.9 Å². The Balaban J connectivity index is 1.13. The molecule has 16 atom stereocenters. The van der Waals surface area contributed by atoms with Crippen molar-refractivity contribution in [2.75, 3.05) is 14.2 Å². The number of aromatic hydroxyl groups is 1. The van der Waals surface area contributed by atoms with Crippen molar-refractivity contribution in [3.05, 3.63) is 28.3 Å². The van der Waals surface area contributed by atoms with E-state index in [2.05, 4.69) is 41.5 Å². The maximum absolute atomic E-state index is 13.2. The molecule has 0 aromatic heterocycles. The second kappa shape index (κ2) is 16.3. The predicted molar refractivity (Wildman–Crippen MR) is 203 cm³/mol. The second-order valence-corrected chi connectivity index (χ2v) is 18.2. The number of aliphatic carboxylic acids is 1. The second-order valence-electron chi connectivity index (χ2n) is 17.8. The van der Waals surface area contributed by atoms with Gasteiger partial charge in [0.15, 0.2) is 5.79 Å². The number of hydrogen-bond acceptors (Lipinski definition) is 11. The van der Waals surface area contributed by atoms with Gasteiger partial charge in [-0.15, -0.1) is 0 Å². The number of carbonyl (C=O) groups excluding carboxylic acids is 1. The average Bonchev–Trinajstić information content (AvgIpc) is 3.81. The van der Waals surface area contributed by atoms with Crippen LogP contribution in [-0.2, 0) is 42.7 Å². The summed E-state index contributed by atoms with van der Waals surface area (Å²) in [7, 11) is 3.41. The van der Waals surface area contributed by atoms with Crippen molar-refractivity contribution in [3.63, 3.8) is 0 Å². The monoisotopic (exact) mass is 794 g/mol. The minimum atomic E-state index is -0.911. The van der Waals surface area contributed by atoms with Crippen molar-refractivity contribution in [2.24, 2.45) is 23.7 Å². The summed E-state index contributed by atoms with van der Waals surface area (Å²) in [6.07, 6.45) is 2.10. The van der Waals surface area contributed by atoms with Crippen molar-refractivity contribution in [2.45, 2.75) is 179 Å². The highest BCUT2D eigenvalue weighted by atomic mass is 35.5. The van der Waals surface area contributed by atoms with E-state index in [0.717, 1.165) is 19.3 Å². The highest BCUT2D eigenvalue weighted by Crippen LogP contribution is 2.56. The van der Waals surface area contributed by atoms with Crippen molar-refractivity contribution in [3.8, 4) is 5.75 Å². The van der Waals surface area contributed by atoms with Crippen LogP contribution in [0.4, 0.5) is 0 Å². The topological polar surface area (TPSA) is 148 Å². The molecule has 1 aromatic rings. The van der Waals surface area contributed by atoms with Gasteiger partial charge < -0.3 is 48.1 Å². The highest BCUT2D eigenvalue weighted by Gasteiger charge is 2.65. The van der Waals surface area contributed by atoms with Crippen LogP contribution in [0.1, 0.15) is 116 Å². The number of carboxylic acids is 1. The highest BCUT2D eigenvalue weighted by molar-refractivity contribution is 6.31. The smallest absolute Gasteiger partial charge is 0.342 e. The van der Waals surface area contributed by atoms with Gasteiger partial charge >= 0.3 is 11.9 Å². The van der Waals surface area contributed by atoms with E-state index in [4.69, 9.17) is 49.5 Å². The van der Waals surface area contributed by atoms with E-state index in [1.54, 1.807) is 34.1 Å². The number of hydrogen-bond donors (Lipinski definition) is 2. The molecule has 0 bridgehead atoms. The lowest BCUT2D eigenvalue weighted by molar-refractivity contribution is -0.353. The Bertz CT molecular complexity index is 1560. The van der Waals surface area contributed by atoms with E-state index in [9.17, 15) is 19.8 Å². The lowest BCUT2D eigenvalue weighted by atomic mass is 9.77. The molecule has 5 aliphatic rings. The van der Waals surface area contributed by atoms with Gasteiger partial charge in [-0.2, -0.15) is 0 Å². The van der Waals surface area contributed by atoms with Crippen LogP contribution in [0.2, 0.25) is 5.02 Å². The first-order valence-electron chi connectivity index (χ1n) is 20.2. The lowest BCUT2D eigenvalue weighted by Gasteiger charge is -2.50. The van der Waals surface area contributed by atoms with E-state index < -0.39 is 47.2 Å². The number of halogens is 1. The number of phenolic OH excluding ortho intramolecular Hbond substituents is 1. The van der Waals surface area contributed by atoms with Crippen LogP contribution in [-0.4, -0.2) is 108 Å². The Morgan fingerprint density at radius 1 is 0.964 bits per heavy atom. The van der Waals surface area contributed by atoms with Crippen LogP contribution < -0.4 is 0 Å². The Morgan fingerprint density at radius 2 is 1.65 bits per heavy atom.